The minimum atomic E-state index is -0.114. The maximum atomic E-state index is 11.9. The van der Waals surface area contributed by atoms with Crippen molar-refractivity contribution < 1.29 is 14.3 Å². The standard InChI is InChI=1S/C21H30O3/c1-13-11-20-8-5-15(13)9-16(20)19(3)6-4-7-21(12-23-21)17(19)10-18(20)24-14(2)22/h15-18H,1,4-12H2,2-3H3/t15-,16-,17-,18-,19-,20+,21-/m0/s1. The number of carbonyl (C=O) groups is 1. The minimum absolute atomic E-state index is 0.0650. The van der Waals surface area contributed by atoms with Crippen LogP contribution in [-0.4, -0.2) is 24.3 Å². The van der Waals surface area contributed by atoms with E-state index in [1.165, 1.54) is 44.1 Å². The Morgan fingerprint density at radius 2 is 2.04 bits per heavy atom. The molecule has 6 rings (SSSR count). The van der Waals surface area contributed by atoms with Crippen LogP contribution in [0.5, 0.6) is 0 Å². The van der Waals surface area contributed by atoms with Crippen molar-refractivity contribution in [2.24, 2.45) is 28.6 Å². The molecule has 1 aliphatic heterocycles. The van der Waals surface area contributed by atoms with Crippen LogP contribution in [0.2, 0.25) is 0 Å². The maximum absolute atomic E-state index is 11.9. The van der Waals surface area contributed by atoms with Crippen molar-refractivity contribution in [3.8, 4) is 0 Å². The third kappa shape index (κ3) is 1.80. The summed E-state index contributed by atoms with van der Waals surface area (Å²) in [6.07, 6.45) is 9.70. The fourth-order valence-electron chi connectivity index (χ4n) is 7.70. The molecule has 1 saturated heterocycles. The van der Waals surface area contributed by atoms with Gasteiger partial charge in [-0.15, -0.1) is 0 Å². The van der Waals surface area contributed by atoms with Crippen LogP contribution >= 0.6 is 0 Å². The van der Waals surface area contributed by atoms with Crippen LogP contribution in [-0.2, 0) is 14.3 Å². The first-order valence-corrected chi connectivity index (χ1v) is 9.88. The Hall–Kier alpha value is -0.830. The highest BCUT2D eigenvalue weighted by Gasteiger charge is 2.71. The lowest BCUT2D eigenvalue weighted by Gasteiger charge is -2.68. The molecule has 2 spiro atoms. The first-order valence-electron chi connectivity index (χ1n) is 9.88. The molecule has 0 aromatic carbocycles. The van der Waals surface area contributed by atoms with Crippen molar-refractivity contribution in [3.63, 3.8) is 0 Å². The molecule has 6 fully saturated rings. The predicted molar refractivity (Wildman–Crippen MR) is 91.3 cm³/mol. The van der Waals surface area contributed by atoms with Crippen molar-refractivity contribution in [1.29, 1.82) is 0 Å². The summed E-state index contributed by atoms with van der Waals surface area (Å²) in [7, 11) is 0. The molecule has 132 valence electrons. The fourth-order valence-corrected chi connectivity index (χ4v) is 7.70. The van der Waals surface area contributed by atoms with Gasteiger partial charge in [0.05, 0.1) is 12.2 Å². The highest BCUT2D eigenvalue weighted by Crippen LogP contribution is 2.73. The molecule has 3 heteroatoms. The van der Waals surface area contributed by atoms with Crippen LogP contribution < -0.4 is 0 Å². The third-order valence-corrected chi connectivity index (χ3v) is 8.76. The molecule has 0 amide bonds. The number of hydrogen-bond donors (Lipinski definition) is 0. The van der Waals surface area contributed by atoms with Crippen molar-refractivity contribution >= 4 is 5.97 Å². The van der Waals surface area contributed by atoms with E-state index in [9.17, 15) is 4.79 Å². The van der Waals surface area contributed by atoms with Gasteiger partial charge in [-0.05, 0) is 74.5 Å². The largest absolute Gasteiger partial charge is 0.462 e. The summed E-state index contributed by atoms with van der Waals surface area (Å²) in [5.41, 5.74) is 2.03. The molecule has 3 nitrogen and oxygen atoms in total. The third-order valence-electron chi connectivity index (χ3n) is 8.76. The molecular weight excluding hydrogens is 300 g/mol. The molecule has 2 bridgehead atoms. The molecule has 0 unspecified atom stereocenters. The Morgan fingerprint density at radius 1 is 1.25 bits per heavy atom. The average molecular weight is 330 g/mol. The van der Waals surface area contributed by atoms with Gasteiger partial charge < -0.3 is 9.47 Å². The molecule has 7 atom stereocenters. The second kappa shape index (κ2) is 4.66. The van der Waals surface area contributed by atoms with E-state index >= 15 is 0 Å². The summed E-state index contributed by atoms with van der Waals surface area (Å²) < 4.78 is 12.1. The molecule has 24 heavy (non-hydrogen) atoms. The van der Waals surface area contributed by atoms with Gasteiger partial charge in [0.1, 0.15) is 6.10 Å². The lowest BCUT2D eigenvalue weighted by atomic mass is 9.37. The lowest BCUT2D eigenvalue weighted by Crippen LogP contribution is -2.65. The number of epoxide rings is 1. The molecule has 0 aromatic rings. The van der Waals surface area contributed by atoms with Crippen molar-refractivity contribution in [2.45, 2.75) is 76.9 Å². The SMILES string of the molecule is C=C1C[C@]23CC[C@H]1C[C@H]2[C@]1(C)CCC[C@]2(CO2)[C@H]1C[C@@H]3OC(C)=O. The lowest BCUT2D eigenvalue weighted by molar-refractivity contribution is -0.221. The van der Waals surface area contributed by atoms with Crippen LogP contribution in [0.1, 0.15) is 65.2 Å². The smallest absolute Gasteiger partial charge is 0.302 e. The zero-order valence-electron chi connectivity index (χ0n) is 15.1. The van der Waals surface area contributed by atoms with Gasteiger partial charge >= 0.3 is 5.97 Å². The maximum Gasteiger partial charge on any atom is 0.302 e. The Morgan fingerprint density at radius 3 is 2.71 bits per heavy atom. The van der Waals surface area contributed by atoms with Gasteiger partial charge in [-0.3, -0.25) is 4.79 Å². The first kappa shape index (κ1) is 15.4. The average Bonchev–Trinajstić information content (AvgIpc) is 3.29. The van der Waals surface area contributed by atoms with Gasteiger partial charge in [-0.2, -0.15) is 0 Å². The highest BCUT2D eigenvalue weighted by molar-refractivity contribution is 5.66. The van der Waals surface area contributed by atoms with Gasteiger partial charge in [-0.25, -0.2) is 0 Å². The Labute approximate surface area is 145 Å². The second-order valence-corrected chi connectivity index (χ2v) is 9.69. The molecule has 5 saturated carbocycles. The minimum Gasteiger partial charge on any atom is -0.462 e. The number of allylic oxidation sites excluding steroid dienone is 1. The molecule has 6 aliphatic rings. The Bertz CT molecular complexity index is 606. The van der Waals surface area contributed by atoms with Gasteiger partial charge in [0.15, 0.2) is 0 Å². The summed E-state index contributed by atoms with van der Waals surface area (Å²) in [4.78, 5) is 11.9. The zero-order chi connectivity index (χ0) is 16.7. The monoisotopic (exact) mass is 330 g/mol. The molecule has 0 radical (unpaired) electrons. The summed E-state index contributed by atoms with van der Waals surface area (Å²) in [5, 5.41) is 0. The van der Waals surface area contributed by atoms with Gasteiger partial charge in [-0.1, -0.05) is 19.1 Å². The van der Waals surface area contributed by atoms with E-state index in [1.54, 1.807) is 6.92 Å². The van der Waals surface area contributed by atoms with Crippen molar-refractivity contribution in [3.05, 3.63) is 12.2 Å². The summed E-state index contributed by atoms with van der Waals surface area (Å²) in [6, 6.07) is 0. The van der Waals surface area contributed by atoms with Crippen LogP contribution in [0.4, 0.5) is 0 Å². The summed E-state index contributed by atoms with van der Waals surface area (Å²) >= 11 is 0. The van der Waals surface area contributed by atoms with E-state index in [1.807, 2.05) is 0 Å². The molecular formula is C21H30O3. The molecule has 1 heterocycles. The number of fused-ring (bicyclic) bond motifs is 4. The quantitative estimate of drug-likeness (QED) is 0.410. The number of hydrogen-bond acceptors (Lipinski definition) is 3. The number of rotatable bonds is 1. The van der Waals surface area contributed by atoms with Crippen molar-refractivity contribution in [1.82, 2.24) is 0 Å². The van der Waals surface area contributed by atoms with E-state index in [0.29, 0.717) is 23.2 Å². The number of carbonyl (C=O) groups excluding carboxylic acids is 1. The van der Waals surface area contributed by atoms with Gasteiger partial charge in [0.25, 0.3) is 0 Å². The van der Waals surface area contributed by atoms with E-state index in [0.717, 1.165) is 19.4 Å². The second-order valence-electron chi connectivity index (χ2n) is 9.69. The summed E-state index contributed by atoms with van der Waals surface area (Å²) in [5.74, 6) is 1.81. The van der Waals surface area contributed by atoms with E-state index in [4.69, 9.17) is 9.47 Å². The highest BCUT2D eigenvalue weighted by atomic mass is 16.6. The first-order chi connectivity index (χ1) is 11.4. The molecule has 0 aromatic heterocycles. The topological polar surface area (TPSA) is 38.8 Å². The van der Waals surface area contributed by atoms with Crippen molar-refractivity contribution in [2.75, 3.05) is 6.61 Å². The number of esters is 1. The van der Waals surface area contributed by atoms with Crippen LogP contribution in [0.15, 0.2) is 12.2 Å². The van der Waals surface area contributed by atoms with E-state index < -0.39 is 0 Å². The van der Waals surface area contributed by atoms with Crippen LogP contribution in [0, 0.1) is 28.6 Å². The molecule has 0 N–H and O–H groups in total. The predicted octanol–water partition coefficient (Wildman–Crippen LogP) is 4.26. The summed E-state index contributed by atoms with van der Waals surface area (Å²) in [6.45, 7) is 9.44. The van der Waals surface area contributed by atoms with Crippen LogP contribution in [0.3, 0.4) is 0 Å². The van der Waals surface area contributed by atoms with E-state index in [2.05, 4.69) is 13.5 Å². The van der Waals surface area contributed by atoms with Crippen LogP contribution in [0.25, 0.3) is 0 Å². The molecule has 5 aliphatic carbocycles. The van der Waals surface area contributed by atoms with Gasteiger partial charge in [0, 0.05) is 12.3 Å². The normalized spacial score (nSPS) is 55.0. The van der Waals surface area contributed by atoms with E-state index in [-0.39, 0.29) is 23.1 Å². The Balaban J connectivity index is 1.60. The number of ether oxygens (including phenoxy) is 2. The fraction of sp³-hybridized carbons (Fsp3) is 0.857. The zero-order valence-corrected chi connectivity index (χ0v) is 15.1. The van der Waals surface area contributed by atoms with Gasteiger partial charge in [0.2, 0.25) is 0 Å². The Kier molecular flexibility index (Phi) is 3.00.